The number of hydrogen-bond acceptors (Lipinski definition) is 2. The zero-order valence-electron chi connectivity index (χ0n) is 6.00. The van der Waals surface area contributed by atoms with Gasteiger partial charge in [-0.1, -0.05) is 0 Å². The Labute approximate surface area is 67.5 Å². The maximum Gasteiger partial charge on any atom is 0.315 e. The van der Waals surface area contributed by atoms with E-state index in [0.717, 1.165) is 6.26 Å². The minimum Gasteiger partial charge on any atom is -0.463 e. The number of allylic oxidation sites excluding steroid dienone is 1. The highest BCUT2D eigenvalue weighted by molar-refractivity contribution is 5.35. The van der Waals surface area contributed by atoms with Crippen LogP contribution in [0.5, 0.6) is 5.75 Å². The summed E-state index contributed by atoms with van der Waals surface area (Å²) in [4.78, 5) is 3.55. The molecule has 0 atom stereocenters. The Balaban J connectivity index is 2.58. The van der Waals surface area contributed by atoms with Crippen LogP contribution in [0.3, 0.4) is 0 Å². The van der Waals surface area contributed by atoms with Gasteiger partial charge < -0.3 is 4.74 Å². The third kappa shape index (κ3) is 0.958. The normalized spacial score (nSPS) is 18.2. The molecule has 0 bridgehead atoms. The summed E-state index contributed by atoms with van der Waals surface area (Å²) in [6.45, 7) is 0. The van der Waals surface area contributed by atoms with E-state index < -0.39 is 5.92 Å². The number of aromatic nitrogens is 1. The standard InChI is InChI=1S/C8H5F2NO/c9-8(10)3-5-12-6-2-1-4-11-7(6)8/h1-5H. The second-order valence-electron chi connectivity index (χ2n) is 2.39. The molecule has 0 unspecified atom stereocenters. The van der Waals surface area contributed by atoms with Gasteiger partial charge >= 0.3 is 5.92 Å². The number of hydrogen-bond donors (Lipinski definition) is 0. The molecule has 0 spiro atoms. The Morgan fingerprint density at radius 3 is 3.00 bits per heavy atom. The average Bonchev–Trinajstić information content (AvgIpc) is 2.04. The van der Waals surface area contributed by atoms with Gasteiger partial charge in [-0.05, 0) is 12.1 Å². The molecule has 0 amide bonds. The van der Waals surface area contributed by atoms with E-state index in [1.165, 1.54) is 12.3 Å². The van der Waals surface area contributed by atoms with Gasteiger partial charge in [0.15, 0.2) is 11.4 Å². The van der Waals surface area contributed by atoms with Crippen LogP contribution >= 0.6 is 0 Å². The predicted octanol–water partition coefficient (Wildman–Crippen LogP) is 2.08. The molecule has 1 aliphatic heterocycles. The molecule has 1 aliphatic rings. The van der Waals surface area contributed by atoms with Crippen molar-refractivity contribution >= 4 is 0 Å². The molecular weight excluding hydrogens is 164 g/mol. The molecule has 62 valence electrons. The molecule has 4 heteroatoms. The first-order valence-electron chi connectivity index (χ1n) is 3.38. The summed E-state index contributed by atoms with van der Waals surface area (Å²) in [5.41, 5.74) is -0.326. The average molecular weight is 169 g/mol. The summed E-state index contributed by atoms with van der Waals surface area (Å²) in [5, 5.41) is 0. The van der Waals surface area contributed by atoms with Gasteiger partial charge in [0.05, 0.1) is 6.26 Å². The van der Waals surface area contributed by atoms with Gasteiger partial charge in [-0.2, -0.15) is 8.78 Å². The summed E-state index contributed by atoms with van der Waals surface area (Å²) < 4.78 is 30.8. The first kappa shape index (κ1) is 7.21. The van der Waals surface area contributed by atoms with Crippen molar-refractivity contribution < 1.29 is 13.5 Å². The van der Waals surface area contributed by atoms with Crippen molar-refractivity contribution in [2.75, 3.05) is 0 Å². The Bertz CT molecular complexity index is 336. The van der Waals surface area contributed by atoms with Gasteiger partial charge in [-0.3, -0.25) is 4.98 Å². The van der Waals surface area contributed by atoms with Crippen LogP contribution in [0.25, 0.3) is 0 Å². The number of fused-ring (bicyclic) bond motifs is 1. The molecule has 0 saturated heterocycles. The van der Waals surface area contributed by atoms with Crippen molar-refractivity contribution in [1.82, 2.24) is 4.98 Å². The minimum absolute atomic E-state index is 0.116. The third-order valence-electron chi connectivity index (χ3n) is 1.56. The summed E-state index contributed by atoms with van der Waals surface area (Å²) in [6.07, 6.45) is 2.97. The number of ether oxygens (including phenoxy) is 1. The summed E-state index contributed by atoms with van der Waals surface area (Å²) in [6, 6.07) is 3.01. The monoisotopic (exact) mass is 169 g/mol. The van der Waals surface area contributed by atoms with Crippen LogP contribution in [-0.2, 0) is 5.92 Å². The predicted molar refractivity (Wildman–Crippen MR) is 37.9 cm³/mol. The highest BCUT2D eigenvalue weighted by Crippen LogP contribution is 2.37. The molecule has 2 nitrogen and oxygen atoms in total. The lowest BCUT2D eigenvalue weighted by Crippen LogP contribution is -2.16. The highest BCUT2D eigenvalue weighted by atomic mass is 19.3. The first-order chi connectivity index (χ1) is 5.70. The molecule has 0 aliphatic carbocycles. The minimum atomic E-state index is -3.01. The van der Waals surface area contributed by atoms with E-state index in [1.807, 2.05) is 0 Å². The molecule has 2 rings (SSSR count). The summed E-state index contributed by atoms with van der Waals surface area (Å²) in [7, 11) is 0. The Morgan fingerprint density at radius 2 is 2.25 bits per heavy atom. The van der Waals surface area contributed by atoms with E-state index in [1.54, 1.807) is 6.07 Å². The maximum atomic E-state index is 13.0. The largest absolute Gasteiger partial charge is 0.463 e. The number of rotatable bonds is 0. The van der Waals surface area contributed by atoms with Crippen molar-refractivity contribution in [3.63, 3.8) is 0 Å². The van der Waals surface area contributed by atoms with Crippen molar-refractivity contribution in [3.8, 4) is 5.75 Å². The Hall–Kier alpha value is -1.45. The molecule has 1 aromatic rings. The van der Waals surface area contributed by atoms with Crippen molar-refractivity contribution in [3.05, 3.63) is 36.4 Å². The molecule has 0 radical (unpaired) electrons. The van der Waals surface area contributed by atoms with Gasteiger partial charge in [-0.15, -0.1) is 0 Å². The lowest BCUT2D eigenvalue weighted by Gasteiger charge is -2.17. The summed E-state index contributed by atoms with van der Waals surface area (Å²) >= 11 is 0. The fraction of sp³-hybridized carbons (Fsp3) is 0.125. The topological polar surface area (TPSA) is 22.1 Å². The van der Waals surface area contributed by atoms with Crippen LogP contribution in [0.1, 0.15) is 5.69 Å². The van der Waals surface area contributed by atoms with E-state index in [0.29, 0.717) is 6.08 Å². The molecule has 0 aromatic carbocycles. The highest BCUT2D eigenvalue weighted by Gasteiger charge is 2.35. The maximum absolute atomic E-state index is 13.0. The fourth-order valence-electron chi connectivity index (χ4n) is 1.01. The first-order valence-corrected chi connectivity index (χ1v) is 3.38. The second-order valence-corrected chi connectivity index (χ2v) is 2.39. The van der Waals surface area contributed by atoms with E-state index in [4.69, 9.17) is 4.74 Å². The zero-order valence-corrected chi connectivity index (χ0v) is 6.00. The number of nitrogens with zero attached hydrogens (tertiary/aromatic N) is 1. The zero-order chi connectivity index (χ0) is 8.60. The van der Waals surface area contributed by atoms with Crippen LogP contribution < -0.4 is 4.74 Å². The summed E-state index contributed by atoms with van der Waals surface area (Å²) in [5.74, 6) is -2.89. The molecule has 0 saturated carbocycles. The Morgan fingerprint density at radius 1 is 1.42 bits per heavy atom. The molecule has 2 heterocycles. The molecule has 1 aromatic heterocycles. The van der Waals surface area contributed by atoms with E-state index in [2.05, 4.69) is 4.98 Å². The molecule has 0 fully saturated rings. The third-order valence-corrected chi connectivity index (χ3v) is 1.56. The van der Waals surface area contributed by atoms with Crippen LogP contribution in [0.4, 0.5) is 8.78 Å². The fourth-order valence-corrected chi connectivity index (χ4v) is 1.01. The lowest BCUT2D eigenvalue weighted by molar-refractivity contribution is 0.0373. The smallest absolute Gasteiger partial charge is 0.315 e. The van der Waals surface area contributed by atoms with E-state index >= 15 is 0 Å². The van der Waals surface area contributed by atoms with Crippen LogP contribution in [0, 0.1) is 0 Å². The second kappa shape index (κ2) is 2.27. The van der Waals surface area contributed by atoms with Crippen molar-refractivity contribution in [1.29, 1.82) is 0 Å². The quantitative estimate of drug-likeness (QED) is 0.593. The van der Waals surface area contributed by atoms with E-state index in [-0.39, 0.29) is 11.4 Å². The lowest BCUT2D eigenvalue weighted by atomic mass is 10.2. The van der Waals surface area contributed by atoms with Gasteiger partial charge in [-0.25, -0.2) is 0 Å². The van der Waals surface area contributed by atoms with Crippen molar-refractivity contribution in [2.45, 2.75) is 5.92 Å². The SMILES string of the molecule is FC1(F)C=COc2cccnc21. The Kier molecular flexibility index (Phi) is 1.36. The molecule has 0 N–H and O–H groups in total. The number of alkyl halides is 2. The van der Waals surface area contributed by atoms with Gasteiger partial charge in [0.25, 0.3) is 0 Å². The van der Waals surface area contributed by atoms with Crippen LogP contribution in [-0.4, -0.2) is 4.98 Å². The molecular formula is C8H5F2NO. The van der Waals surface area contributed by atoms with Gasteiger partial charge in [0.2, 0.25) is 0 Å². The molecule has 12 heavy (non-hydrogen) atoms. The van der Waals surface area contributed by atoms with Gasteiger partial charge in [0, 0.05) is 12.3 Å². The van der Waals surface area contributed by atoms with E-state index in [9.17, 15) is 8.78 Å². The number of halogens is 2. The van der Waals surface area contributed by atoms with Crippen molar-refractivity contribution in [2.24, 2.45) is 0 Å². The number of pyridine rings is 1. The van der Waals surface area contributed by atoms with Gasteiger partial charge in [0.1, 0.15) is 0 Å². The van der Waals surface area contributed by atoms with Crippen LogP contribution in [0.15, 0.2) is 30.7 Å². The van der Waals surface area contributed by atoms with Crippen LogP contribution in [0.2, 0.25) is 0 Å².